The van der Waals surface area contributed by atoms with Crippen molar-refractivity contribution in [3.05, 3.63) is 0 Å². The lowest BCUT2D eigenvalue weighted by Crippen LogP contribution is -2.41. The summed E-state index contributed by atoms with van der Waals surface area (Å²) < 4.78 is 23.9. The number of halogens is 2. The fraction of sp³-hybridized carbons (Fsp3) is 0.875. The average Bonchev–Trinajstić information content (AvgIpc) is 2.11. The molecule has 0 aliphatic heterocycles. The summed E-state index contributed by atoms with van der Waals surface area (Å²) in [7, 11) is 1.64. The van der Waals surface area contributed by atoms with Gasteiger partial charge in [0, 0.05) is 13.6 Å². The minimum Gasteiger partial charge on any atom is -0.345 e. The largest absolute Gasteiger partial charge is 0.345 e. The molecule has 13 heavy (non-hydrogen) atoms. The van der Waals surface area contributed by atoms with Crippen LogP contribution in [-0.2, 0) is 4.79 Å². The van der Waals surface area contributed by atoms with Crippen LogP contribution in [0.4, 0.5) is 8.78 Å². The Bertz CT molecular complexity index is 164. The molecule has 0 spiro atoms. The zero-order valence-corrected chi connectivity index (χ0v) is 8.18. The molecule has 0 fully saturated rings. The number of alkyl halides is 2. The normalized spacial score (nSPS) is 13.1. The van der Waals surface area contributed by atoms with E-state index in [9.17, 15) is 13.6 Å². The van der Waals surface area contributed by atoms with E-state index < -0.39 is 12.5 Å². The number of hydrogen-bond acceptors (Lipinski definition) is 2. The maximum Gasteiger partial charge on any atom is 0.253 e. The summed E-state index contributed by atoms with van der Waals surface area (Å²) in [5.74, 6) is -0.171. The summed E-state index contributed by atoms with van der Waals surface area (Å²) in [6, 6.07) is -0.936. The molecular formula is C8H16F2N2O. The minimum absolute atomic E-state index is 0.0319. The highest BCUT2D eigenvalue weighted by molar-refractivity contribution is 5.77. The molecule has 0 aliphatic rings. The van der Waals surface area contributed by atoms with E-state index in [1.807, 2.05) is 6.92 Å². The lowest BCUT2D eigenvalue weighted by molar-refractivity contribution is -0.129. The maximum atomic E-state index is 12.0. The molecule has 5 heteroatoms. The number of rotatable bonds is 5. The Balaban J connectivity index is 3.70. The van der Waals surface area contributed by atoms with E-state index in [0.717, 1.165) is 0 Å². The van der Waals surface area contributed by atoms with Gasteiger partial charge in [0.15, 0.2) is 0 Å². The van der Waals surface area contributed by atoms with Crippen molar-refractivity contribution in [2.45, 2.75) is 26.3 Å². The van der Waals surface area contributed by atoms with Gasteiger partial charge in [-0.3, -0.25) is 4.79 Å². The predicted octanol–water partition coefficient (Wildman–Crippen LogP) is 0.708. The minimum atomic E-state index is -2.43. The van der Waals surface area contributed by atoms with Crippen LogP contribution in [-0.4, -0.2) is 43.4 Å². The van der Waals surface area contributed by atoms with Crippen LogP contribution in [0.15, 0.2) is 0 Å². The summed E-state index contributed by atoms with van der Waals surface area (Å²) in [6.07, 6.45) is -2.43. The predicted molar refractivity (Wildman–Crippen MR) is 46.8 cm³/mol. The van der Waals surface area contributed by atoms with Crippen LogP contribution < -0.4 is 5.32 Å². The SMILES string of the molecule is CCN(C)C(=O)CNC(C)C(F)F. The van der Waals surface area contributed by atoms with E-state index >= 15 is 0 Å². The first-order valence-corrected chi connectivity index (χ1v) is 4.24. The second-order valence-corrected chi connectivity index (χ2v) is 2.91. The molecule has 0 saturated heterocycles. The third-order valence-corrected chi connectivity index (χ3v) is 1.85. The van der Waals surface area contributed by atoms with Gasteiger partial charge in [-0.2, -0.15) is 0 Å². The van der Waals surface area contributed by atoms with Gasteiger partial charge in [0.1, 0.15) is 0 Å². The Labute approximate surface area is 77.1 Å². The third kappa shape index (κ3) is 4.77. The molecule has 0 aromatic heterocycles. The number of amides is 1. The molecule has 0 aromatic rings. The van der Waals surface area contributed by atoms with Crippen molar-refractivity contribution in [1.29, 1.82) is 0 Å². The lowest BCUT2D eigenvalue weighted by atomic mass is 10.3. The van der Waals surface area contributed by atoms with Crippen LogP contribution in [0.1, 0.15) is 13.8 Å². The number of hydrogen-bond donors (Lipinski definition) is 1. The Morgan fingerprint density at radius 1 is 1.54 bits per heavy atom. The van der Waals surface area contributed by atoms with E-state index in [2.05, 4.69) is 5.32 Å². The van der Waals surface area contributed by atoms with Crippen LogP contribution in [0, 0.1) is 0 Å². The molecular weight excluding hydrogens is 178 g/mol. The highest BCUT2D eigenvalue weighted by atomic mass is 19.3. The monoisotopic (exact) mass is 194 g/mol. The van der Waals surface area contributed by atoms with Crippen molar-refractivity contribution in [3.63, 3.8) is 0 Å². The number of carbonyl (C=O) groups excluding carboxylic acids is 1. The van der Waals surface area contributed by atoms with Crippen molar-refractivity contribution < 1.29 is 13.6 Å². The zero-order chi connectivity index (χ0) is 10.4. The number of nitrogens with one attached hydrogen (secondary N) is 1. The van der Waals surface area contributed by atoms with Crippen molar-refractivity contribution >= 4 is 5.91 Å². The van der Waals surface area contributed by atoms with Crippen molar-refractivity contribution in [2.75, 3.05) is 20.1 Å². The molecule has 3 nitrogen and oxygen atoms in total. The molecule has 0 aliphatic carbocycles. The molecule has 1 atom stereocenters. The van der Waals surface area contributed by atoms with Gasteiger partial charge < -0.3 is 10.2 Å². The fourth-order valence-corrected chi connectivity index (χ4v) is 0.649. The Morgan fingerprint density at radius 2 is 2.08 bits per heavy atom. The Morgan fingerprint density at radius 3 is 2.46 bits per heavy atom. The molecule has 0 bridgehead atoms. The molecule has 1 N–H and O–H groups in total. The average molecular weight is 194 g/mol. The van der Waals surface area contributed by atoms with Gasteiger partial charge in [-0.1, -0.05) is 0 Å². The van der Waals surface area contributed by atoms with Crippen LogP contribution in [0.5, 0.6) is 0 Å². The van der Waals surface area contributed by atoms with Gasteiger partial charge in [0.05, 0.1) is 12.6 Å². The van der Waals surface area contributed by atoms with Gasteiger partial charge in [-0.05, 0) is 13.8 Å². The molecule has 0 saturated carbocycles. The standard InChI is InChI=1S/C8H16F2N2O/c1-4-12(3)7(13)5-11-6(2)8(9)10/h6,8,11H,4-5H2,1-3H3. The van der Waals surface area contributed by atoms with E-state index in [0.29, 0.717) is 6.54 Å². The number of likely N-dealkylation sites (N-methyl/N-ethyl adjacent to an activating group) is 1. The third-order valence-electron chi connectivity index (χ3n) is 1.85. The van der Waals surface area contributed by atoms with Gasteiger partial charge >= 0.3 is 0 Å². The Kier molecular flexibility index (Phi) is 5.53. The zero-order valence-electron chi connectivity index (χ0n) is 8.18. The topological polar surface area (TPSA) is 32.3 Å². The highest BCUT2D eigenvalue weighted by Crippen LogP contribution is 1.98. The lowest BCUT2D eigenvalue weighted by Gasteiger charge is -2.17. The van der Waals surface area contributed by atoms with Crippen molar-refractivity contribution in [3.8, 4) is 0 Å². The fourth-order valence-electron chi connectivity index (χ4n) is 0.649. The van der Waals surface area contributed by atoms with Crippen LogP contribution in [0.3, 0.4) is 0 Å². The number of carbonyl (C=O) groups is 1. The summed E-state index contributed by atoms with van der Waals surface area (Å²) in [5, 5.41) is 2.46. The molecule has 0 heterocycles. The second kappa shape index (κ2) is 5.85. The van der Waals surface area contributed by atoms with E-state index in [-0.39, 0.29) is 12.5 Å². The maximum absolute atomic E-state index is 12.0. The molecule has 1 amide bonds. The van der Waals surface area contributed by atoms with E-state index in [4.69, 9.17) is 0 Å². The van der Waals surface area contributed by atoms with Crippen molar-refractivity contribution in [2.24, 2.45) is 0 Å². The smallest absolute Gasteiger partial charge is 0.253 e. The van der Waals surface area contributed by atoms with Crippen LogP contribution in [0.25, 0.3) is 0 Å². The van der Waals surface area contributed by atoms with Crippen LogP contribution >= 0.6 is 0 Å². The molecule has 0 aromatic carbocycles. The van der Waals surface area contributed by atoms with Gasteiger partial charge in [0.2, 0.25) is 5.91 Å². The van der Waals surface area contributed by atoms with Crippen LogP contribution in [0.2, 0.25) is 0 Å². The molecule has 0 rings (SSSR count). The second-order valence-electron chi connectivity index (χ2n) is 2.91. The van der Waals surface area contributed by atoms with E-state index in [1.165, 1.54) is 11.8 Å². The highest BCUT2D eigenvalue weighted by Gasteiger charge is 2.15. The van der Waals surface area contributed by atoms with Gasteiger partial charge in [-0.15, -0.1) is 0 Å². The molecule has 1 unspecified atom stereocenters. The van der Waals surface area contributed by atoms with Crippen molar-refractivity contribution in [1.82, 2.24) is 10.2 Å². The summed E-state index contributed by atoms with van der Waals surface area (Å²) in [6.45, 7) is 3.73. The first-order chi connectivity index (χ1) is 5.99. The summed E-state index contributed by atoms with van der Waals surface area (Å²) in [4.78, 5) is 12.6. The number of nitrogens with zero attached hydrogens (tertiary/aromatic N) is 1. The molecule has 78 valence electrons. The van der Waals surface area contributed by atoms with E-state index in [1.54, 1.807) is 7.05 Å². The van der Waals surface area contributed by atoms with Gasteiger partial charge in [0.25, 0.3) is 6.43 Å². The first-order valence-electron chi connectivity index (χ1n) is 4.24. The summed E-state index contributed by atoms with van der Waals surface area (Å²) in [5.41, 5.74) is 0. The quantitative estimate of drug-likeness (QED) is 0.699. The first kappa shape index (κ1) is 12.3. The Hall–Kier alpha value is -0.710. The summed E-state index contributed by atoms with van der Waals surface area (Å²) >= 11 is 0. The van der Waals surface area contributed by atoms with Gasteiger partial charge in [-0.25, -0.2) is 8.78 Å². The molecule has 0 radical (unpaired) electrons.